The molecule has 8 heterocycles. The maximum atomic E-state index is 8.60. The first-order chi connectivity index (χ1) is 62.9. The van der Waals surface area contributed by atoms with Crippen LogP contribution in [0, 0.1) is 64.4 Å². The zero-order chi connectivity index (χ0) is 96.2. The maximum absolute atomic E-state index is 8.60. The van der Waals surface area contributed by atoms with Crippen molar-refractivity contribution in [1.82, 2.24) is 39.0 Å². The van der Waals surface area contributed by atoms with E-state index in [4.69, 9.17) is 49.8 Å². The third-order valence-electron chi connectivity index (χ3n) is 20.2. The van der Waals surface area contributed by atoms with Gasteiger partial charge in [0.25, 0.3) is 0 Å². The first kappa shape index (κ1) is 61.2. The molecule has 117 heavy (non-hydrogen) atoms. The van der Waals surface area contributed by atoms with E-state index in [-0.39, 0.29) is 86.0 Å². The Morgan fingerprint density at radius 1 is 0.504 bits per heavy atom. The van der Waals surface area contributed by atoms with Gasteiger partial charge in [0.1, 0.15) is 0 Å². The van der Waals surface area contributed by atoms with Gasteiger partial charge in [-0.3, -0.25) is 9.97 Å². The van der Waals surface area contributed by atoms with Crippen LogP contribution < -0.4 is 10.4 Å². The minimum atomic E-state index is -2.56. The number of aryl methyl sites for hydroxylation is 4. The molecule has 0 aliphatic heterocycles. The molecule has 0 atom stereocenters. The number of para-hydroxylation sites is 4. The van der Waals surface area contributed by atoms with Gasteiger partial charge in [-0.2, -0.15) is 0 Å². The first-order valence-corrected chi connectivity index (χ1v) is 45.1. The van der Waals surface area contributed by atoms with Crippen LogP contribution in [0.15, 0.2) is 270 Å². The fourth-order valence-corrected chi connectivity index (χ4v) is 17.8. The van der Waals surface area contributed by atoms with Crippen molar-refractivity contribution < 1.29 is 75.1 Å². The van der Waals surface area contributed by atoms with Crippen LogP contribution in [-0.2, 0) is 52.0 Å². The molecule has 10 nitrogen and oxygen atoms in total. The van der Waals surface area contributed by atoms with E-state index in [9.17, 15) is 0 Å². The number of benzene rings is 11. The van der Waals surface area contributed by atoms with Gasteiger partial charge in [0.15, 0.2) is 0 Å². The van der Waals surface area contributed by atoms with Crippen LogP contribution in [-0.4, -0.2) is 55.2 Å². The van der Waals surface area contributed by atoms with E-state index in [2.05, 4.69) is 155 Å². The second-order valence-corrected chi connectivity index (χ2v) is 41.9. The Labute approximate surface area is 742 Å². The Hall–Kier alpha value is -11.2. The summed E-state index contributed by atoms with van der Waals surface area (Å²) >= 11 is 0. The molecule has 0 saturated carbocycles. The van der Waals surface area contributed by atoms with E-state index in [0.717, 1.165) is 93.5 Å². The summed E-state index contributed by atoms with van der Waals surface area (Å²) in [6.07, 6.45) is 1.84. The van der Waals surface area contributed by atoms with Crippen molar-refractivity contribution in [3.8, 4) is 67.8 Å². The van der Waals surface area contributed by atoms with E-state index in [1.165, 1.54) is 17.7 Å². The molecule has 588 valence electrons. The van der Waals surface area contributed by atoms with E-state index in [1.807, 2.05) is 137 Å². The average molecular weight is 1940 g/mol. The molecule has 0 N–H and O–H groups in total. The van der Waals surface area contributed by atoms with Crippen molar-refractivity contribution in [2.24, 2.45) is 5.92 Å². The molecule has 8 aromatic heterocycles. The van der Waals surface area contributed by atoms with Crippen molar-refractivity contribution in [3.63, 3.8) is 0 Å². The molecule has 0 unspecified atom stereocenters. The summed E-state index contributed by atoms with van der Waals surface area (Å²) in [5, 5.41) is 7.50. The summed E-state index contributed by atoms with van der Waals surface area (Å²) in [5.41, 5.74) is 15.5. The second-order valence-electron chi connectivity index (χ2n) is 31.8. The Kier molecular flexibility index (Phi) is 17.7. The molecule has 0 saturated heterocycles. The molecule has 0 aliphatic carbocycles. The summed E-state index contributed by atoms with van der Waals surface area (Å²) in [4.78, 5) is 28.2. The van der Waals surface area contributed by atoms with E-state index in [1.54, 1.807) is 67.0 Å². The molecule has 0 bridgehead atoms. The predicted molar refractivity (Wildman–Crippen MR) is 485 cm³/mol. The van der Waals surface area contributed by atoms with Crippen LogP contribution in [0.2, 0.25) is 39.3 Å². The van der Waals surface area contributed by atoms with Gasteiger partial charge in [0, 0.05) is 117 Å². The van der Waals surface area contributed by atoms with Crippen molar-refractivity contribution in [1.29, 1.82) is 0 Å². The quantitative estimate of drug-likeness (QED) is 0.0929. The van der Waals surface area contributed by atoms with Crippen LogP contribution >= 0.6 is 0 Å². The van der Waals surface area contributed by atoms with Gasteiger partial charge >= 0.3 is 0 Å². The Morgan fingerprint density at radius 3 is 1.83 bits per heavy atom. The molecule has 11 aromatic carbocycles. The summed E-state index contributed by atoms with van der Waals surface area (Å²) in [6.45, 7) is 10.6. The normalized spacial score (nSPS) is 14.8. The smallest absolute Gasteiger partial charge is 0.216 e. The standard InChI is InChI=1S/C35H28N3O.C33H20N3O.C19H26NSi.C16H20NSi.2Ir/c1-22-12-14-23(15-13-22)26-20-21-36-34-31(26)27-8-7-9-28(32(27)39-34)33-37-29-10-5-6-11-30(29)38(33)25-18-16-24(17-19-25)35(2,3)4;1-20-9-6-16-27-25(20)19-26-23-13-8-14-24(31(23)37-33(26)35-27)32-34-28-15-4-5-17-30(28)36(32)29-18-7-11-21-10-2-3-12-22(21)29;1-14(2)11-17-12-18(16-9-7-15(3)8-10-16)20-13-19(17)21(4,5)6;1-12-11-15(14-9-7-6-8-10-14)17-13(2)16(12)18(3,4)5;;/h5-8,10-21H,1-4H3;2-13,15-19H,1H3;7-9,12-14H,11H2,1-6H3;6-9,11H,1-5H3;;/q4*-1;;/i2*1D3;3D3,7D,8D,11D2;1D3,2D3;;. The number of aromatic nitrogens is 8. The van der Waals surface area contributed by atoms with Crippen LogP contribution in [0.3, 0.4) is 0 Å². The summed E-state index contributed by atoms with van der Waals surface area (Å²) in [7, 11) is -4.13. The largest absolute Gasteiger partial charge is 0.486 e. The number of hydrogen-bond donors (Lipinski definition) is 0. The number of pyridine rings is 4. The van der Waals surface area contributed by atoms with Crippen molar-refractivity contribution in [3.05, 3.63) is 324 Å². The molecule has 2 radical (unpaired) electrons. The van der Waals surface area contributed by atoms with Gasteiger partial charge in [0.05, 0.1) is 66.5 Å². The minimum absolute atomic E-state index is 0. The summed E-state index contributed by atoms with van der Waals surface area (Å²) in [6, 6.07) is 86.4. The van der Waals surface area contributed by atoms with Crippen LogP contribution in [0.1, 0.15) is 99.7 Å². The molecule has 19 rings (SSSR count). The van der Waals surface area contributed by atoms with Gasteiger partial charge in [-0.25, -0.2) is 9.97 Å². The van der Waals surface area contributed by atoms with Gasteiger partial charge in [0.2, 0.25) is 11.4 Å². The minimum Gasteiger partial charge on any atom is -0.486 e. The molecular weight excluding hydrogens is 1820 g/mol. The topological polar surface area (TPSA) is 113 Å². The third kappa shape index (κ3) is 16.8. The van der Waals surface area contributed by atoms with Crippen molar-refractivity contribution in [2.75, 3.05) is 0 Å². The molecular formula is C103H94Ir2N8O2Si2-4. The van der Waals surface area contributed by atoms with Crippen molar-refractivity contribution >= 4 is 114 Å². The fraction of sp³-hybridized carbons (Fsp3) is 0.184. The number of furan rings is 2. The SMILES string of the molecule is [2H]C([2H])([2H])c1cc(-c2[c-]cccc2)nc(C([2H])([2H])[2H])c1[Si](C)(C)C.[2H]C([2H])([2H])c1ccc(-c2ccnc3oc4c(-c5nc6ccccc6n5-c5ccc(C(C)(C)C)cc5)[c-]ccc4c23)cc1.[2H]C([2H])([2H])c1cccc2nc3oc4c(-c5nc6ccccc6n5-c5cccc6ccccc56)[c-]ccc4c3cc12.[2H]c1[c-]c(-c2cc(C([2H])([2H])C(C)C)c([Si](C)(C)C)cn2)cc([2H])c1C([2H])([2H])[2H].[Ir].[Ir]. The van der Waals surface area contributed by atoms with Crippen molar-refractivity contribution in [2.45, 2.75) is 120 Å². The second kappa shape index (κ2) is 33.8. The first-order valence-electron chi connectivity index (χ1n) is 47.6. The van der Waals surface area contributed by atoms with Crippen LogP contribution in [0.4, 0.5) is 0 Å². The van der Waals surface area contributed by atoms with Crippen LogP contribution in [0.25, 0.3) is 156 Å². The number of fused-ring (bicyclic) bond motifs is 10. The molecule has 0 fully saturated rings. The molecule has 14 heteroatoms. The third-order valence-corrected chi connectivity index (χ3v) is 24.3. The summed E-state index contributed by atoms with van der Waals surface area (Å²) in [5.74, 6) is 1.18. The fourth-order valence-electron chi connectivity index (χ4n) is 14.8. The summed E-state index contributed by atoms with van der Waals surface area (Å²) < 4.78 is 167. The molecule has 19 aromatic rings. The van der Waals surface area contributed by atoms with E-state index in [0.29, 0.717) is 83.7 Å². The monoisotopic (exact) mass is 1940 g/mol. The number of hydrogen-bond acceptors (Lipinski definition) is 8. The van der Waals surface area contributed by atoms with Crippen LogP contribution in [0.5, 0.6) is 0 Å². The van der Waals surface area contributed by atoms with Gasteiger partial charge < -0.3 is 27.9 Å². The molecule has 0 spiro atoms. The van der Waals surface area contributed by atoms with Gasteiger partial charge in [-0.15, -0.1) is 108 Å². The zero-order valence-corrected chi connectivity index (χ0v) is 73.1. The Bertz CT molecular complexity index is 7660. The maximum Gasteiger partial charge on any atom is 0.216 e. The van der Waals surface area contributed by atoms with Gasteiger partial charge in [-0.05, 0) is 155 Å². The molecule has 0 aliphatic rings. The Balaban J connectivity index is 0.000000148. The van der Waals surface area contributed by atoms with E-state index >= 15 is 0 Å². The number of nitrogens with zero attached hydrogens (tertiary/aromatic N) is 8. The van der Waals surface area contributed by atoms with Gasteiger partial charge in [-0.1, -0.05) is 241 Å². The molecule has 0 amide bonds. The number of rotatable bonds is 11. The number of imidazole rings is 2. The van der Waals surface area contributed by atoms with E-state index < -0.39 is 56.8 Å². The average Bonchev–Trinajstić information content (AvgIpc) is 1.64. The predicted octanol–water partition coefficient (Wildman–Crippen LogP) is 25.8. The zero-order valence-electron chi connectivity index (χ0n) is 85.3. The Morgan fingerprint density at radius 2 is 1.15 bits per heavy atom.